The molecule has 1 aromatic carbocycles. The molecule has 0 bridgehead atoms. The number of rotatable bonds is 3. The van der Waals surface area contributed by atoms with Crippen molar-refractivity contribution in [1.29, 1.82) is 0 Å². The Labute approximate surface area is 117 Å². The highest BCUT2D eigenvalue weighted by Crippen LogP contribution is 2.32. The minimum Gasteiger partial charge on any atom is -0.478 e. The molecule has 0 amide bonds. The molecular formula is C14H17FO4S. The van der Waals surface area contributed by atoms with Crippen LogP contribution in [0.25, 0.3) is 0 Å². The average molecular weight is 300 g/mol. The zero-order chi connectivity index (χ0) is 14.9. The second-order valence-corrected chi connectivity index (χ2v) is 7.59. The molecule has 20 heavy (non-hydrogen) atoms. The lowest BCUT2D eigenvalue weighted by atomic mass is 9.91. The molecule has 6 heteroatoms. The van der Waals surface area contributed by atoms with Crippen molar-refractivity contribution in [2.24, 2.45) is 5.92 Å². The van der Waals surface area contributed by atoms with E-state index < -0.39 is 26.9 Å². The number of carboxylic acids is 1. The fourth-order valence-corrected chi connectivity index (χ4v) is 4.71. The molecule has 110 valence electrons. The van der Waals surface area contributed by atoms with Gasteiger partial charge < -0.3 is 5.11 Å². The van der Waals surface area contributed by atoms with E-state index >= 15 is 0 Å². The minimum atomic E-state index is -3.74. The van der Waals surface area contributed by atoms with Gasteiger partial charge in [0.2, 0.25) is 0 Å². The molecule has 1 saturated carbocycles. The topological polar surface area (TPSA) is 71.4 Å². The van der Waals surface area contributed by atoms with Crippen LogP contribution in [0.3, 0.4) is 0 Å². The van der Waals surface area contributed by atoms with Crippen LogP contribution in [0.4, 0.5) is 4.39 Å². The number of hydrogen-bond donors (Lipinski definition) is 1. The molecule has 2 rings (SSSR count). The molecular weight excluding hydrogens is 283 g/mol. The summed E-state index contributed by atoms with van der Waals surface area (Å²) in [6.07, 6.45) is 2.88. The van der Waals surface area contributed by atoms with Crippen molar-refractivity contribution in [3.05, 3.63) is 29.6 Å². The van der Waals surface area contributed by atoms with Gasteiger partial charge in [0, 0.05) is 0 Å². The maximum Gasteiger partial charge on any atom is 0.335 e. The molecule has 0 aliphatic heterocycles. The summed E-state index contributed by atoms with van der Waals surface area (Å²) in [5.74, 6) is -1.95. The Morgan fingerprint density at radius 3 is 2.60 bits per heavy atom. The molecule has 0 radical (unpaired) electrons. The zero-order valence-electron chi connectivity index (χ0n) is 11.2. The molecule has 1 N–H and O–H groups in total. The van der Waals surface area contributed by atoms with Gasteiger partial charge in [0.05, 0.1) is 10.8 Å². The summed E-state index contributed by atoms with van der Waals surface area (Å²) in [5.41, 5.74) is -0.251. The monoisotopic (exact) mass is 300 g/mol. The van der Waals surface area contributed by atoms with Gasteiger partial charge in [-0.1, -0.05) is 19.8 Å². The molecule has 1 fully saturated rings. The van der Waals surface area contributed by atoms with Gasteiger partial charge in [0.15, 0.2) is 9.84 Å². The van der Waals surface area contributed by atoms with Gasteiger partial charge in [-0.25, -0.2) is 17.6 Å². The highest BCUT2D eigenvalue weighted by atomic mass is 32.2. The summed E-state index contributed by atoms with van der Waals surface area (Å²) in [5, 5.41) is 8.20. The highest BCUT2D eigenvalue weighted by molar-refractivity contribution is 7.92. The number of halogens is 1. The van der Waals surface area contributed by atoms with Crippen LogP contribution in [0.2, 0.25) is 0 Å². The molecule has 0 spiro atoms. The van der Waals surface area contributed by atoms with E-state index in [2.05, 4.69) is 0 Å². The maximum atomic E-state index is 13.9. The average Bonchev–Trinajstić information content (AvgIpc) is 2.38. The second-order valence-electron chi connectivity index (χ2n) is 5.39. The molecule has 0 aromatic heterocycles. The van der Waals surface area contributed by atoms with E-state index in [0.717, 1.165) is 31.0 Å². The summed E-state index contributed by atoms with van der Waals surface area (Å²) >= 11 is 0. The minimum absolute atomic E-state index is 0.251. The molecule has 0 saturated heterocycles. The Bertz CT molecular complexity index is 624. The SMILES string of the molecule is CC1CCCC(S(=O)(=O)c2ccc(C(=O)O)cc2F)C1. The Kier molecular flexibility index (Phi) is 4.13. The van der Waals surface area contributed by atoms with Crippen LogP contribution >= 0.6 is 0 Å². The number of aromatic carboxylic acids is 1. The zero-order valence-corrected chi connectivity index (χ0v) is 12.0. The molecule has 0 heterocycles. The van der Waals surface area contributed by atoms with Crippen LogP contribution in [0.5, 0.6) is 0 Å². The fraction of sp³-hybridized carbons (Fsp3) is 0.500. The second kappa shape index (κ2) is 5.52. The van der Waals surface area contributed by atoms with Crippen LogP contribution in [-0.2, 0) is 9.84 Å². The standard InChI is InChI=1S/C14H17FO4S/c1-9-3-2-4-11(7-9)20(18,19)13-6-5-10(14(16)17)8-12(13)15/h5-6,8-9,11H,2-4,7H2,1H3,(H,16,17). The van der Waals surface area contributed by atoms with E-state index in [1.807, 2.05) is 6.92 Å². The van der Waals surface area contributed by atoms with E-state index in [1.54, 1.807) is 0 Å². The quantitative estimate of drug-likeness (QED) is 0.931. The number of sulfone groups is 1. The largest absolute Gasteiger partial charge is 0.478 e. The van der Waals surface area contributed by atoms with Gasteiger partial charge >= 0.3 is 5.97 Å². The van der Waals surface area contributed by atoms with Crippen LogP contribution in [0, 0.1) is 11.7 Å². The first-order valence-corrected chi connectivity index (χ1v) is 8.13. The number of carboxylic acid groups (broad SMARTS) is 1. The number of carbonyl (C=O) groups is 1. The van der Waals surface area contributed by atoms with Gasteiger partial charge in [-0.15, -0.1) is 0 Å². The van der Waals surface area contributed by atoms with E-state index in [4.69, 9.17) is 5.11 Å². The van der Waals surface area contributed by atoms with E-state index in [0.29, 0.717) is 18.8 Å². The molecule has 4 nitrogen and oxygen atoms in total. The van der Waals surface area contributed by atoms with Crippen molar-refractivity contribution in [3.63, 3.8) is 0 Å². The van der Waals surface area contributed by atoms with Crippen molar-refractivity contribution in [3.8, 4) is 0 Å². The van der Waals surface area contributed by atoms with Crippen LogP contribution in [-0.4, -0.2) is 24.7 Å². The van der Waals surface area contributed by atoms with Crippen LogP contribution in [0.1, 0.15) is 43.0 Å². The van der Waals surface area contributed by atoms with E-state index in [9.17, 15) is 17.6 Å². The van der Waals surface area contributed by atoms with Gasteiger partial charge in [0.1, 0.15) is 10.7 Å². The predicted octanol–water partition coefficient (Wildman–Crippen LogP) is 2.88. The van der Waals surface area contributed by atoms with Crippen LogP contribution < -0.4 is 0 Å². The van der Waals surface area contributed by atoms with Crippen molar-refractivity contribution < 1.29 is 22.7 Å². The first-order chi connectivity index (χ1) is 9.32. The molecule has 1 aliphatic carbocycles. The highest BCUT2D eigenvalue weighted by Gasteiger charge is 2.33. The number of hydrogen-bond acceptors (Lipinski definition) is 3. The van der Waals surface area contributed by atoms with Gasteiger partial charge in [-0.2, -0.15) is 0 Å². The summed E-state index contributed by atoms with van der Waals surface area (Å²) in [7, 11) is -3.74. The van der Waals surface area contributed by atoms with E-state index in [1.165, 1.54) is 0 Å². The summed E-state index contributed by atoms with van der Waals surface area (Å²) in [4.78, 5) is 10.4. The van der Waals surface area contributed by atoms with Gasteiger partial charge in [0.25, 0.3) is 0 Å². The summed E-state index contributed by atoms with van der Waals surface area (Å²) in [6.45, 7) is 1.99. The van der Waals surface area contributed by atoms with E-state index in [-0.39, 0.29) is 10.5 Å². The summed E-state index contributed by atoms with van der Waals surface area (Å²) in [6, 6.07) is 2.96. The summed E-state index contributed by atoms with van der Waals surface area (Å²) < 4.78 is 38.8. The normalized spacial score (nSPS) is 23.5. The number of benzene rings is 1. The van der Waals surface area contributed by atoms with Crippen molar-refractivity contribution in [1.82, 2.24) is 0 Å². The lowest BCUT2D eigenvalue weighted by Gasteiger charge is -2.26. The third kappa shape index (κ3) is 2.85. The van der Waals surface area contributed by atoms with Crippen molar-refractivity contribution in [2.45, 2.75) is 42.8 Å². The first kappa shape index (κ1) is 15.0. The first-order valence-electron chi connectivity index (χ1n) is 6.59. The smallest absolute Gasteiger partial charge is 0.335 e. The fourth-order valence-electron chi connectivity index (χ4n) is 2.70. The Morgan fingerprint density at radius 1 is 1.35 bits per heavy atom. The van der Waals surface area contributed by atoms with Gasteiger partial charge in [-0.05, 0) is 37.0 Å². The third-order valence-electron chi connectivity index (χ3n) is 3.81. The Morgan fingerprint density at radius 2 is 2.05 bits per heavy atom. The van der Waals surface area contributed by atoms with Gasteiger partial charge in [-0.3, -0.25) is 0 Å². The molecule has 1 aliphatic rings. The predicted molar refractivity (Wildman–Crippen MR) is 72.0 cm³/mol. The maximum absolute atomic E-state index is 13.9. The Balaban J connectivity index is 2.36. The van der Waals surface area contributed by atoms with Crippen molar-refractivity contribution in [2.75, 3.05) is 0 Å². The Hall–Kier alpha value is -1.43. The molecule has 1 aromatic rings. The molecule has 2 unspecified atom stereocenters. The third-order valence-corrected chi connectivity index (χ3v) is 6.06. The lowest BCUT2D eigenvalue weighted by Crippen LogP contribution is -2.28. The lowest BCUT2D eigenvalue weighted by molar-refractivity contribution is 0.0696. The van der Waals surface area contributed by atoms with Crippen molar-refractivity contribution >= 4 is 15.8 Å². The molecule has 2 atom stereocenters. The van der Waals surface area contributed by atoms with Crippen LogP contribution in [0.15, 0.2) is 23.1 Å².